The van der Waals surface area contributed by atoms with Gasteiger partial charge in [-0.05, 0) is 48.8 Å². The lowest BCUT2D eigenvalue weighted by Gasteiger charge is -2.26. The average Bonchev–Trinajstić information content (AvgIpc) is 2.59. The summed E-state index contributed by atoms with van der Waals surface area (Å²) < 4.78 is 11.6. The van der Waals surface area contributed by atoms with Gasteiger partial charge in [0.15, 0.2) is 0 Å². The Morgan fingerprint density at radius 2 is 2.05 bits per heavy atom. The van der Waals surface area contributed by atoms with E-state index in [0.717, 1.165) is 0 Å². The fourth-order valence-electron chi connectivity index (χ4n) is 2.08. The van der Waals surface area contributed by atoms with Crippen molar-refractivity contribution in [1.29, 1.82) is 0 Å². The predicted molar refractivity (Wildman–Crippen MR) is 83.2 cm³/mol. The number of nitrogens with zero attached hydrogens (tertiary/aromatic N) is 1. The Hall–Kier alpha value is -1.76. The number of carbonyl (C=O) groups excluding carboxylic acids is 1. The minimum absolute atomic E-state index is 0.139. The van der Waals surface area contributed by atoms with Crippen molar-refractivity contribution in [2.24, 2.45) is 0 Å². The number of hydrogen-bond acceptors (Lipinski definition) is 4. The maximum absolute atomic E-state index is 12.2. The van der Waals surface area contributed by atoms with Gasteiger partial charge in [-0.15, -0.1) is 0 Å². The van der Waals surface area contributed by atoms with Crippen LogP contribution in [0.3, 0.4) is 0 Å². The van der Waals surface area contributed by atoms with Crippen LogP contribution in [0.25, 0.3) is 0 Å². The Bertz CT molecular complexity index is 609. The molecule has 7 heteroatoms. The molecule has 22 heavy (non-hydrogen) atoms. The summed E-state index contributed by atoms with van der Waals surface area (Å²) in [7, 11) is 0. The van der Waals surface area contributed by atoms with Crippen molar-refractivity contribution in [3.05, 3.63) is 27.7 Å². The summed E-state index contributed by atoms with van der Waals surface area (Å²) in [5, 5.41) is 9.14. The fraction of sp³-hybridized carbons (Fsp3) is 0.467. The molecule has 1 heterocycles. The van der Waals surface area contributed by atoms with Crippen LogP contribution in [0, 0.1) is 0 Å². The molecule has 6 nitrogen and oxygen atoms in total. The number of carbonyl (C=O) groups is 2. The zero-order valence-corrected chi connectivity index (χ0v) is 14.3. The molecular formula is C15H18BrNO5. The normalized spacial score (nSPS) is 14.6. The largest absolute Gasteiger partial charge is 0.490 e. The van der Waals surface area contributed by atoms with Gasteiger partial charge in [0.2, 0.25) is 0 Å². The van der Waals surface area contributed by atoms with Gasteiger partial charge in [-0.1, -0.05) is 0 Å². The highest BCUT2D eigenvalue weighted by Crippen LogP contribution is 2.33. The molecule has 2 rings (SSSR count). The quantitative estimate of drug-likeness (QED) is 0.819. The van der Waals surface area contributed by atoms with Crippen molar-refractivity contribution < 1.29 is 24.2 Å². The van der Waals surface area contributed by atoms with Crippen molar-refractivity contribution in [1.82, 2.24) is 4.90 Å². The molecule has 0 saturated carbocycles. The van der Waals surface area contributed by atoms with E-state index >= 15 is 0 Å². The molecule has 1 aromatic carbocycles. The Kier molecular flexibility index (Phi) is 4.65. The van der Waals surface area contributed by atoms with E-state index in [-0.39, 0.29) is 12.1 Å². The first-order valence-corrected chi connectivity index (χ1v) is 7.63. The topological polar surface area (TPSA) is 76.1 Å². The summed E-state index contributed by atoms with van der Waals surface area (Å²) in [6.07, 6.45) is -0.444. The number of aromatic carboxylic acids is 1. The molecule has 120 valence electrons. The minimum atomic E-state index is -1.03. The van der Waals surface area contributed by atoms with Crippen molar-refractivity contribution in [3.63, 3.8) is 0 Å². The van der Waals surface area contributed by atoms with E-state index in [2.05, 4.69) is 15.9 Å². The highest BCUT2D eigenvalue weighted by atomic mass is 79.9. The van der Waals surface area contributed by atoms with Crippen molar-refractivity contribution >= 4 is 28.0 Å². The molecule has 0 spiro atoms. The van der Waals surface area contributed by atoms with Gasteiger partial charge < -0.3 is 19.5 Å². The summed E-state index contributed by atoms with van der Waals surface area (Å²) in [5.74, 6) is -0.465. The van der Waals surface area contributed by atoms with Gasteiger partial charge in [-0.3, -0.25) is 0 Å². The first kappa shape index (κ1) is 16.6. The molecule has 0 atom stereocenters. The van der Waals surface area contributed by atoms with E-state index in [0.29, 0.717) is 28.9 Å². The number of amides is 1. The summed E-state index contributed by atoms with van der Waals surface area (Å²) in [4.78, 5) is 24.9. The van der Waals surface area contributed by atoms with E-state index in [4.69, 9.17) is 14.6 Å². The Morgan fingerprint density at radius 3 is 2.64 bits per heavy atom. The van der Waals surface area contributed by atoms with Gasteiger partial charge in [0.05, 0.1) is 23.1 Å². The van der Waals surface area contributed by atoms with E-state index in [9.17, 15) is 9.59 Å². The molecule has 0 aromatic heterocycles. The second kappa shape index (κ2) is 6.16. The van der Waals surface area contributed by atoms with Gasteiger partial charge in [0.1, 0.15) is 18.0 Å². The van der Waals surface area contributed by atoms with Gasteiger partial charge in [-0.2, -0.15) is 0 Å². The number of carboxylic acid groups (broad SMARTS) is 1. The minimum Gasteiger partial charge on any atom is -0.490 e. The molecule has 1 aliphatic rings. The third-order valence-corrected chi connectivity index (χ3v) is 3.58. The third-order valence-electron chi connectivity index (χ3n) is 2.99. The van der Waals surface area contributed by atoms with E-state index in [1.807, 2.05) is 0 Å². The molecular weight excluding hydrogens is 354 g/mol. The average molecular weight is 372 g/mol. The van der Waals surface area contributed by atoms with Crippen molar-refractivity contribution in [3.8, 4) is 5.75 Å². The van der Waals surface area contributed by atoms with Gasteiger partial charge in [0, 0.05) is 5.56 Å². The zero-order valence-electron chi connectivity index (χ0n) is 12.7. The number of ether oxygens (including phenoxy) is 2. The van der Waals surface area contributed by atoms with Gasteiger partial charge in [0.25, 0.3) is 0 Å². The summed E-state index contributed by atoms with van der Waals surface area (Å²) in [5.41, 5.74) is 0.187. The second-order valence-corrected chi connectivity index (χ2v) is 6.86. The smallest absolute Gasteiger partial charge is 0.410 e. The Labute approximate surface area is 137 Å². The molecule has 1 aliphatic heterocycles. The zero-order chi connectivity index (χ0) is 16.5. The van der Waals surface area contributed by atoms with Crippen LogP contribution in [-0.4, -0.2) is 40.8 Å². The molecule has 0 fully saturated rings. The van der Waals surface area contributed by atoms with Crippen LogP contribution in [0.4, 0.5) is 4.79 Å². The lowest BCUT2D eigenvalue weighted by Crippen LogP contribution is -2.37. The van der Waals surface area contributed by atoms with E-state index in [1.165, 1.54) is 17.0 Å². The summed E-state index contributed by atoms with van der Waals surface area (Å²) in [6.45, 7) is 6.32. The molecule has 1 aromatic rings. The van der Waals surface area contributed by atoms with Crippen LogP contribution in [0.5, 0.6) is 5.75 Å². The second-order valence-electron chi connectivity index (χ2n) is 6.00. The van der Waals surface area contributed by atoms with E-state index in [1.54, 1.807) is 20.8 Å². The lowest BCUT2D eigenvalue weighted by molar-refractivity contribution is 0.0225. The monoisotopic (exact) mass is 371 g/mol. The number of halogens is 1. The highest BCUT2D eigenvalue weighted by Gasteiger charge is 2.26. The molecule has 0 bridgehead atoms. The van der Waals surface area contributed by atoms with Crippen molar-refractivity contribution in [2.45, 2.75) is 32.9 Å². The SMILES string of the molecule is CC(C)(C)OC(=O)N1CCOc2c(Br)cc(C(=O)O)cc2C1. The summed E-state index contributed by atoms with van der Waals surface area (Å²) >= 11 is 3.32. The van der Waals surface area contributed by atoms with Crippen LogP contribution in [-0.2, 0) is 11.3 Å². The van der Waals surface area contributed by atoms with Crippen LogP contribution in [0.2, 0.25) is 0 Å². The maximum Gasteiger partial charge on any atom is 0.410 e. The number of rotatable bonds is 1. The Morgan fingerprint density at radius 1 is 1.36 bits per heavy atom. The lowest BCUT2D eigenvalue weighted by atomic mass is 10.1. The molecule has 0 unspecified atom stereocenters. The predicted octanol–water partition coefficient (Wildman–Crippen LogP) is 3.28. The number of hydrogen-bond donors (Lipinski definition) is 1. The van der Waals surface area contributed by atoms with Crippen molar-refractivity contribution in [2.75, 3.05) is 13.2 Å². The maximum atomic E-state index is 12.2. The fourth-order valence-corrected chi connectivity index (χ4v) is 2.69. The first-order chi connectivity index (χ1) is 10.2. The molecule has 1 N–H and O–H groups in total. The Balaban J connectivity index is 2.29. The van der Waals surface area contributed by atoms with Gasteiger partial charge in [-0.25, -0.2) is 9.59 Å². The first-order valence-electron chi connectivity index (χ1n) is 6.84. The van der Waals surface area contributed by atoms with Crippen LogP contribution < -0.4 is 4.74 Å². The molecule has 0 saturated heterocycles. The van der Waals surface area contributed by atoms with E-state index < -0.39 is 17.7 Å². The number of carboxylic acids is 1. The third kappa shape index (κ3) is 3.91. The van der Waals surface area contributed by atoms with Crippen LogP contribution in [0.1, 0.15) is 36.7 Å². The molecule has 1 amide bonds. The van der Waals surface area contributed by atoms with Crippen LogP contribution >= 0.6 is 15.9 Å². The van der Waals surface area contributed by atoms with Gasteiger partial charge >= 0.3 is 12.1 Å². The van der Waals surface area contributed by atoms with Crippen LogP contribution in [0.15, 0.2) is 16.6 Å². The number of fused-ring (bicyclic) bond motifs is 1. The highest BCUT2D eigenvalue weighted by molar-refractivity contribution is 9.10. The summed E-state index contributed by atoms with van der Waals surface area (Å²) in [6, 6.07) is 3.01. The molecule has 0 aliphatic carbocycles. The standard InChI is InChI=1S/C15H18BrNO5/c1-15(2,3)22-14(20)17-4-5-21-12-10(8-17)6-9(13(18)19)7-11(12)16/h6-7H,4-5,8H2,1-3H3,(H,18,19). The molecule has 0 radical (unpaired) electrons. The number of benzene rings is 1.